The topological polar surface area (TPSA) is 55.8 Å². The van der Waals surface area contributed by atoms with Crippen molar-refractivity contribution in [3.63, 3.8) is 0 Å². The number of methoxy groups -OCH3 is 2. The number of rotatable bonds is 6. The van der Waals surface area contributed by atoms with E-state index in [1.54, 1.807) is 6.92 Å². The van der Waals surface area contributed by atoms with Gasteiger partial charge in [-0.15, -0.1) is 0 Å². The third-order valence-corrected chi connectivity index (χ3v) is 2.82. The van der Waals surface area contributed by atoms with Crippen LogP contribution in [-0.4, -0.2) is 50.7 Å². The number of benzene rings is 1. The first-order valence-corrected chi connectivity index (χ1v) is 6.10. The van der Waals surface area contributed by atoms with Crippen LogP contribution in [0.25, 0.3) is 0 Å². The molecule has 6 heteroatoms. The summed E-state index contributed by atoms with van der Waals surface area (Å²) in [5.41, 5.74) is 0.645. The van der Waals surface area contributed by atoms with E-state index < -0.39 is 17.7 Å². The van der Waals surface area contributed by atoms with Crippen LogP contribution < -0.4 is 0 Å². The van der Waals surface area contributed by atoms with Crippen molar-refractivity contribution in [3.8, 4) is 0 Å². The van der Waals surface area contributed by atoms with Crippen molar-refractivity contribution in [1.82, 2.24) is 4.90 Å². The molecule has 1 amide bonds. The maximum atomic E-state index is 13.5. The number of hydrogen-bond acceptors (Lipinski definition) is 4. The number of halogens is 1. The van der Waals surface area contributed by atoms with Crippen LogP contribution >= 0.6 is 0 Å². The minimum atomic E-state index is -0.540. The quantitative estimate of drug-likeness (QED) is 0.740. The van der Waals surface area contributed by atoms with Crippen molar-refractivity contribution >= 4 is 11.9 Å². The van der Waals surface area contributed by atoms with Gasteiger partial charge in [0.15, 0.2) is 0 Å². The predicted octanol–water partition coefficient (Wildman–Crippen LogP) is 1.40. The Morgan fingerprint density at radius 1 is 1.30 bits per heavy atom. The average Bonchev–Trinajstić information content (AvgIpc) is 2.45. The summed E-state index contributed by atoms with van der Waals surface area (Å²) in [7, 11) is 2.74. The number of carbonyl (C=O) groups is 2. The zero-order valence-electron chi connectivity index (χ0n) is 11.8. The molecule has 110 valence electrons. The lowest BCUT2D eigenvalue weighted by Gasteiger charge is -2.21. The summed E-state index contributed by atoms with van der Waals surface area (Å²) in [5.74, 6) is -1.44. The Balaban J connectivity index is 2.90. The minimum Gasteiger partial charge on any atom is -0.468 e. The second-order valence-electron chi connectivity index (χ2n) is 4.26. The van der Waals surface area contributed by atoms with Gasteiger partial charge in [0.1, 0.15) is 12.4 Å². The first-order chi connectivity index (χ1) is 9.49. The monoisotopic (exact) mass is 283 g/mol. The summed E-state index contributed by atoms with van der Waals surface area (Å²) < 4.78 is 22.9. The van der Waals surface area contributed by atoms with E-state index in [1.807, 2.05) is 0 Å². The van der Waals surface area contributed by atoms with Gasteiger partial charge in [-0.3, -0.25) is 9.59 Å². The van der Waals surface area contributed by atoms with Gasteiger partial charge in [-0.1, -0.05) is 6.07 Å². The molecule has 0 aliphatic carbocycles. The van der Waals surface area contributed by atoms with E-state index in [0.29, 0.717) is 5.56 Å². The lowest BCUT2D eigenvalue weighted by atomic mass is 10.1. The van der Waals surface area contributed by atoms with Crippen molar-refractivity contribution in [2.75, 3.05) is 33.9 Å². The SMILES string of the molecule is COCCN(CC(=O)OC)C(=O)c1ccc(C)c(F)c1. The summed E-state index contributed by atoms with van der Waals surface area (Å²) in [4.78, 5) is 24.8. The highest BCUT2D eigenvalue weighted by molar-refractivity contribution is 5.96. The Kier molecular flexibility index (Phi) is 6.11. The van der Waals surface area contributed by atoms with Crippen LogP contribution in [0.15, 0.2) is 18.2 Å². The van der Waals surface area contributed by atoms with Gasteiger partial charge in [-0.25, -0.2) is 4.39 Å². The Morgan fingerprint density at radius 2 is 2.00 bits per heavy atom. The van der Waals surface area contributed by atoms with Crippen molar-refractivity contribution in [3.05, 3.63) is 35.1 Å². The second kappa shape index (κ2) is 7.59. The van der Waals surface area contributed by atoms with Gasteiger partial charge in [0.05, 0.1) is 13.7 Å². The standard InChI is InChI=1S/C14H18FNO4/c1-10-4-5-11(8-12(10)15)14(18)16(6-7-19-2)9-13(17)20-3/h4-5,8H,6-7,9H2,1-3H3. The molecule has 5 nitrogen and oxygen atoms in total. The summed E-state index contributed by atoms with van der Waals surface area (Å²) in [6.45, 7) is 1.91. The Bertz CT molecular complexity index is 490. The molecule has 0 saturated carbocycles. The number of nitrogens with zero attached hydrogens (tertiary/aromatic N) is 1. The molecule has 0 saturated heterocycles. The van der Waals surface area contributed by atoms with Crippen LogP contribution in [0.3, 0.4) is 0 Å². The summed E-state index contributed by atoms with van der Waals surface area (Å²) in [5, 5.41) is 0. The van der Waals surface area contributed by atoms with E-state index in [4.69, 9.17) is 4.74 Å². The van der Waals surface area contributed by atoms with E-state index in [9.17, 15) is 14.0 Å². The number of esters is 1. The summed E-state index contributed by atoms with van der Waals surface area (Å²) in [6, 6.07) is 4.21. The third kappa shape index (κ3) is 4.31. The number of hydrogen-bond donors (Lipinski definition) is 0. The molecule has 0 spiro atoms. The fraction of sp³-hybridized carbons (Fsp3) is 0.429. The van der Waals surface area contributed by atoms with Crippen molar-refractivity contribution in [2.45, 2.75) is 6.92 Å². The van der Waals surface area contributed by atoms with Crippen LogP contribution in [0.5, 0.6) is 0 Å². The molecule has 0 radical (unpaired) electrons. The zero-order valence-corrected chi connectivity index (χ0v) is 11.8. The molecule has 1 rings (SSSR count). The Morgan fingerprint density at radius 3 is 2.55 bits per heavy atom. The Hall–Kier alpha value is -1.95. The molecule has 0 aromatic heterocycles. The highest BCUT2D eigenvalue weighted by Crippen LogP contribution is 2.11. The molecule has 0 N–H and O–H groups in total. The molecule has 1 aromatic carbocycles. The fourth-order valence-electron chi connectivity index (χ4n) is 1.58. The highest BCUT2D eigenvalue weighted by Gasteiger charge is 2.19. The van der Waals surface area contributed by atoms with E-state index in [2.05, 4.69) is 4.74 Å². The van der Waals surface area contributed by atoms with Crippen molar-refractivity contribution < 1.29 is 23.5 Å². The van der Waals surface area contributed by atoms with Gasteiger partial charge in [0.2, 0.25) is 0 Å². The average molecular weight is 283 g/mol. The Labute approximate surface area is 117 Å². The highest BCUT2D eigenvalue weighted by atomic mass is 19.1. The van der Waals surface area contributed by atoms with Gasteiger partial charge >= 0.3 is 5.97 Å². The molecule has 0 fully saturated rings. The largest absolute Gasteiger partial charge is 0.468 e. The number of aryl methyl sites for hydroxylation is 1. The first-order valence-electron chi connectivity index (χ1n) is 6.10. The number of ether oxygens (including phenoxy) is 2. The molecule has 20 heavy (non-hydrogen) atoms. The minimum absolute atomic E-state index is 0.188. The molecular formula is C14H18FNO4. The molecule has 0 heterocycles. The molecule has 0 unspecified atom stereocenters. The van der Waals surface area contributed by atoms with Gasteiger partial charge < -0.3 is 14.4 Å². The van der Waals surface area contributed by atoms with Gasteiger partial charge in [-0.05, 0) is 24.6 Å². The van der Waals surface area contributed by atoms with Gasteiger partial charge in [-0.2, -0.15) is 0 Å². The second-order valence-corrected chi connectivity index (χ2v) is 4.26. The molecule has 0 bridgehead atoms. The van der Waals surface area contributed by atoms with Crippen LogP contribution in [0.4, 0.5) is 4.39 Å². The van der Waals surface area contributed by atoms with Crippen LogP contribution in [0, 0.1) is 12.7 Å². The smallest absolute Gasteiger partial charge is 0.325 e. The maximum Gasteiger partial charge on any atom is 0.325 e. The number of carbonyl (C=O) groups excluding carboxylic acids is 2. The van der Waals surface area contributed by atoms with Crippen LogP contribution in [0.1, 0.15) is 15.9 Å². The molecule has 0 atom stereocenters. The van der Waals surface area contributed by atoms with E-state index in [0.717, 1.165) is 6.07 Å². The zero-order chi connectivity index (χ0) is 15.1. The van der Waals surface area contributed by atoms with Crippen molar-refractivity contribution in [1.29, 1.82) is 0 Å². The van der Waals surface area contributed by atoms with Gasteiger partial charge in [0, 0.05) is 19.2 Å². The van der Waals surface area contributed by atoms with Gasteiger partial charge in [0.25, 0.3) is 5.91 Å². The van der Waals surface area contributed by atoms with E-state index in [-0.39, 0.29) is 25.3 Å². The lowest BCUT2D eigenvalue weighted by Crippen LogP contribution is -2.38. The van der Waals surface area contributed by atoms with Crippen LogP contribution in [-0.2, 0) is 14.3 Å². The molecule has 0 aliphatic rings. The molecule has 1 aromatic rings. The summed E-state index contributed by atoms with van der Waals surface area (Å²) in [6.07, 6.45) is 0. The lowest BCUT2D eigenvalue weighted by molar-refractivity contribution is -0.141. The summed E-state index contributed by atoms with van der Waals surface area (Å²) >= 11 is 0. The number of amides is 1. The molecule has 0 aliphatic heterocycles. The van der Waals surface area contributed by atoms with E-state index >= 15 is 0 Å². The predicted molar refractivity (Wildman–Crippen MR) is 70.9 cm³/mol. The van der Waals surface area contributed by atoms with E-state index in [1.165, 1.54) is 31.3 Å². The van der Waals surface area contributed by atoms with Crippen molar-refractivity contribution in [2.24, 2.45) is 0 Å². The van der Waals surface area contributed by atoms with Crippen LogP contribution in [0.2, 0.25) is 0 Å². The third-order valence-electron chi connectivity index (χ3n) is 2.82. The fourth-order valence-corrected chi connectivity index (χ4v) is 1.58. The maximum absolute atomic E-state index is 13.5. The molecular weight excluding hydrogens is 265 g/mol. The first kappa shape index (κ1) is 16.1. The normalized spacial score (nSPS) is 10.2.